The Hall–Kier alpha value is -3.98. The number of aromatic nitrogens is 5. The molecule has 0 amide bonds. The van der Waals surface area contributed by atoms with Crippen LogP contribution >= 0.6 is 11.8 Å². The van der Waals surface area contributed by atoms with Gasteiger partial charge in [0, 0.05) is 12.1 Å². The van der Waals surface area contributed by atoms with Crippen molar-refractivity contribution in [1.29, 1.82) is 0 Å². The maximum Gasteiger partial charge on any atom is 0.262 e. The van der Waals surface area contributed by atoms with Gasteiger partial charge in [0.25, 0.3) is 11.4 Å². The van der Waals surface area contributed by atoms with Crippen molar-refractivity contribution < 1.29 is 8.94 Å². The van der Waals surface area contributed by atoms with E-state index in [0.29, 0.717) is 57.2 Å². The van der Waals surface area contributed by atoms with Crippen molar-refractivity contribution in [1.82, 2.24) is 24.9 Å². The predicted octanol–water partition coefficient (Wildman–Crippen LogP) is 4.89. The van der Waals surface area contributed by atoms with Crippen LogP contribution in [0.5, 0.6) is 0 Å². The first kappa shape index (κ1) is 20.9. The van der Waals surface area contributed by atoms with Crippen molar-refractivity contribution in [2.75, 3.05) is 0 Å². The number of thioether (sulfide) groups is 1. The van der Waals surface area contributed by atoms with Gasteiger partial charge in [0.15, 0.2) is 5.16 Å². The van der Waals surface area contributed by atoms with Crippen molar-refractivity contribution in [3.8, 4) is 22.7 Å². The van der Waals surface area contributed by atoms with Crippen LogP contribution in [0, 0.1) is 6.92 Å². The zero-order valence-electron chi connectivity index (χ0n) is 17.8. The van der Waals surface area contributed by atoms with E-state index in [1.807, 2.05) is 48.5 Å². The van der Waals surface area contributed by atoms with Gasteiger partial charge in [-0.2, -0.15) is 0 Å². The summed E-state index contributed by atoms with van der Waals surface area (Å²) in [5.74, 6) is 1.67. The van der Waals surface area contributed by atoms with Crippen LogP contribution in [-0.4, -0.2) is 24.9 Å². The summed E-state index contributed by atoms with van der Waals surface area (Å²) in [5.41, 5.74) is 2.74. The van der Waals surface area contributed by atoms with E-state index in [9.17, 15) is 4.79 Å². The van der Waals surface area contributed by atoms with E-state index in [0.717, 1.165) is 5.56 Å². The van der Waals surface area contributed by atoms with Crippen LogP contribution in [0.1, 0.15) is 11.7 Å². The third-order valence-electron chi connectivity index (χ3n) is 5.05. The molecular weight excluding hydrogens is 438 g/mol. The standard InChI is InChI=1S/C24H19N5O3S/c1-3-13-29-23(30)17-11-7-8-12-18(17)25-24(29)33-14-19-26-27-22(31-19)20-15(2)32-28-21(20)16-9-5-4-6-10-16/h3-12H,1,13-14H2,2H3. The van der Waals surface area contributed by atoms with Crippen LogP contribution in [-0.2, 0) is 12.3 Å². The molecule has 3 heterocycles. The number of hydrogen-bond acceptors (Lipinski definition) is 8. The zero-order valence-corrected chi connectivity index (χ0v) is 18.6. The Morgan fingerprint density at radius 2 is 1.88 bits per heavy atom. The number of benzene rings is 2. The van der Waals surface area contributed by atoms with Gasteiger partial charge in [-0.3, -0.25) is 9.36 Å². The first-order chi connectivity index (χ1) is 16.2. The van der Waals surface area contributed by atoms with Crippen molar-refractivity contribution >= 4 is 22.7 Å². The first-order valence-corrected chi connectivity index (χ1v) is 11.2. The topological polar surface area (TPSA) is 99.8 Å². The van der Waals surface area contributed by atoms with Gasteiger partial charge in [-0.25, -0.2) is 4.98 Å². The highest BCUT2D eigenvalue weighted by Gasteiger charge is 2.22. The monoisotopic (exact) mass is 457 g/mol. The number of allylic oxidation sites excluding steroid dienone is 1. The Bertz CT molecular complexity index is 1500. The molecule has 8 nitrogen and oxygen atoms in total. The number of aryl methyl sites for hydroxylation is 1. The summed E-state index contributed by atoms with van der Waals surface area (Å²) in [6.45, 7) is 5.92. The van der Waals surface area contributed by atoms with Crippen LogP contribution in [0.2, 0.25) is 0 Å². The summed E-state index contributed by atoms with van der Waals surface area (Å²) >= 11 is 1.35. The van der Waals surface area contributed by atoms with Gasteiger partial charge in [-0.15, -0.1) is 16.8 Å². The highest BCUT2D eigenvalue weighted by atomic mass is 32.2. The molecule has 9 heteroatoms. The van der Waals surface area contributed by atoms with E-state index in [2.05, 4.69) is 26.9 Å². The van der Waals surface area contributed by atoms with Gasteiger partial charge in [0.05, 0.1) is 16.7 Å². The van der Waals surface area contributed by atoms with E-state index in [1.165, 1.54) is 11.8 Å². The Kier molecular flexibility index (Phi) is 5.62. The Labute approximate surface area is 193 Å². The molecule has 0 aliphatic carbocycles. The SMILES string of the molecule is C=CCn1c(SCc2nnc(-c3c(-c4ccccc4)noc3C)o2)nc2ccccc2c1=O. The molecule has 0 bridgehead atoms. The molecule has 5 rings (SSSR count). The molecule has 0 fully saturated rings. The third-order valence-corrected chi connectivity index (χ3v) is 6.01. The van der Waals surface area contributed by atoms with E-state index < -0.39 is 0 Å². The summed E-state index contributed by atoms with van der Waals surface area (Å²) in [7, 11) is 0. The summed E-state index contributed by atoms with van der Waals surface area (Å²) in [5, 5.41) is 13.7. The molecule has 0 unspecified atom stereocenters. The largest absolute Gasteiger partial charge is 0.420 e. The lowest BCUT2D eigenvalue weighted by atomic mass is 10.1. The molecule has 0 radical (unpaired) electrons. The molecule has 0 atom stereocenters. The fraction of sp³-hybridized carbons (Fsp3) is 0.125. The highest BCUT2D eigenvalue weighted by molar-refractivity contribution is 7.98. The highest BCUT2D eigenvalue weighted by Crippen LogP contribution is 2.34. The second-order valence-corrected chi connectivity index (χ2v) is 8.18. The Balaban J connectivity index is 1.44. The summed E-state index contributed by atoms with van der Waals surface area (Å²) in [6.07, 6.45) is 1.67. The minimum atomic E-state index is -0.109. The van der Waals surface area contributed by atoms with Gasteiger partial charge in [0.1, 0.15) is 17.0 Å². The van der Waals surface area contributed by atoms with Crippen LogP contribution < -0.4 is 5.56 Å². The van der Waals surface area contributed by atoms with Gasteiger partial charge in [-0.05, 0) is 19.1 Å². The maximum atomic E-state index is 12.9. The molecule has 164 valence electrons. The summed E-state index contributed by atoms with van der Waals surface area (Å²) in [6, 6.07) is 17.0. The lowest BCUT2D eigenvalue weighted by molar-refractivity contribution is 0.399. The van der Waals surface area contributed by atoms with Crippen molar-refractivity contribution in [3.05, 3.63) is 89.3 Å². The normalized spacial score (nSPS) is 11.2. The molecule has 0 saturated carbocycles. The quantitative estimate of drug-likeness (QED) is 0.193. The number of rotatable bonds is 7. The van der Waals surface area contributed by atoms with Gasteiger partial charge < -0.3 is 8.94 Å². The van der Waals surface area contributed by atoms with Gasteiger partial charge >= 0.3 is 0 Å². The number of para-hydroxylation sites is 1. The second kappa shape index (κ2) is 8.87. The number of hydrogen-bond donors (Lipinski definition) is 0. The summed E-state index contributed by atoms with van der Waals surface area (Å²) in [4.78, 5) is 17.6. The molecule has 3 aromatic heterocycles. The minimum Gasteiger partial charge on any atom is -0.420 e. The van der Waals surface area contributed by atoms with Gasteiger partial charge in [0.2, 0.25) is 5.89 Å². The summed E-state index contributed by atoms with van der Waals surface area (Å²) < 4.78 is 12.9. The predicted molar refractivity (Wildman–Crippen MR) is 126 cm³/mol. The van der Waals surface area contributed by atoms with E-state index in [1.54, 1.807) is 23.6 Å². The van der Waals surface area contributed by atoms with Crippen LogP contribution in [0.25, 0.3) is 33.6 Å². The van der Waals surface area contributed by atoms with E-state index >= 15 is 0 Å². The van der Waals surface area contributed by atoms with Crippen molar-refractivity contribution in [2.45, 2.75) is 24.4 Å². The van der Waals surface area contributed by atoms with Crippen LogP contribution in [0.4, 0.5) is 0 Å². The fourth-order valence-corrected chi connectivity index (χ4v) is 4.35. The van der Waals surface area contributed by atoms with Crippen molar-refractivity contribution in [2.24, 2.45) is 0 Å². The molecule has 0 spiro atoms. The average molecular weight is 458 g/mol. The molecule has 0 N–H and O–H groups in total. The van der Waals surface area contributed by atoms with Crippen LogP contribution in [0.3, 0.4) is 0 Å². The first-order valence-electron chi connectivity index (χ1n) is 10.2. The van der Waals surface area contributed by atoms with E-state index in [4.69, 9.17) is 8.94 Å². The van der Waals surface area contributed by atoms with Gasteiger partial charge in [-0.1, -0.05) is 65.5 Å². The maximum absolute atomic E-state index is 12.9. The number of fused-ring (bicyclic) bond motifs is 1. The molecule has 33 heavy (non-hydrogen) atoms. The third kappa shape index (κ3) is 3.98. The average Bonchev–Trinajstić information content (AvgIpc) is 3.46. The molecule has 2 aromatic carbocycles. The molecule has 0 saturated heterocycles. The molecule has 0 aliphatic rings. The lowest BCUT2D eigenvalue weighted by Crippen LogP contribution is -2.22. The zero-order chi connectivity index (χ0) is 22.8. The Morgan fingerprint density at radius 1 is 1.09 bits per heavy atom. The second-order valence-electron chi connectivity index (χ2n) is 7.23. The number of nitrogens with zero attached hydrogens (tertiary/aromatic N) is 5. The molecular formula is C24H19N5O3S. The minimum absolute atomic E-state index is 0.109. The smallest absolute Gasteiger partial charge is 0.262 e. The van der Waals surface area contributed by atoms with Crippen molar-refractivity contribution in [3.63, 3.8) is 0 Å². The molecule has 0 aliphatic heterocycles. The van der Waals surface area contributed by atoms with Crippen LogP contribution in [0.15, 0.2) is 86.1 Å². The Morgan fingerprint density at radius 3 is 2.70 bits per heavy atom. The molecule has 5 aromatic rings. The lowest BCUT2D eigenvalue weighted by Gasteiger charge is -2.10. The fourth-order valence-electron chi connectivity index (χ4n) is 3.50. The van der Waals surface area contributed by atoms with E-state index in [-0.39, 0.29) is 5.56 Å².